The Kier molecular flexibility index (Phi) is 3.88. The molecule has 122 valence electrons. The van der Waals surface area contributed by atoms with Gasteiger partial charge in [0.25, 0.3) is 0 Å². The molecule has 22 heavy (non-hydrogen) atoms. The van der Waals surface area contributed by atoms with Gasteiger partial charge in [-0.05, 0) is 32.1 Å². The monoisotopic (exact) mass is 317 g/mol. The highest BCUT2D eigenvalue weighted by atomic mass is 19.4. The van der Waals surface area contributed by atoms with Gasteiger partial charge >= 0.3 is 6.18 Å². The second-order valence-corrected chi connectivity index (χ2v) is 5.98. The lowest BCUT2D eigenvalue weighted by Gasteiger charge is -2.30. The number of fused-ring (bicyclic) bond motifs is 1. The van der Waals surface area contributed by atoms with Crippen molar-refractivity contribution in [3.63, 3.8) is 0 Å². The molecule has 0 saturated carbocycles. The number of halogens is 3. The van der Waals surface area contributed by atoms with Crippen molar-refractivity contribution in [3.05, 3.63) is 17.0 Å². The number of nitrogens with zero attached hydrogens (tertiary/aromatic N) is 2. The zero-order valence-corrected chi connectivity index (χ0v) is 12.0. The number of nitrogens with one attached hydrogen (secondary N) is 1. The Morgan fingerprint density at radius 1 is 1.41 bits per heavy atom. The van der Waals surface area contributed by atoms with E-state index in [9.17, 15) is 23.1 Å². The number of aryl methyl sites for hydroxylation is 1. The molecule has 2 heterocycles. The van der Waals surface area contributed by atoms with Crippen LogP contribution in [0.2, 0.25) is 0 Å². The molecule has 2 atom stereocenters. The van der Waals surface area contributed by atoms with Gasteiger partial charge in [0, 0.05) is 23.7 Å². The summed E-state index contributed by atoms with van der Waals surface area (Å²) in [5, 5.41) is 15.1. The van der Waals surface area contributed by atoms with Crippen LogP contribution in [0, 0.1) is 5.92 Å². The summed E-state index contributed by atoms with van der Waals surface area (Å²) in [4.78, 5) is 14.2. The third-order valence-corrected chi connectivity index (χ3v) is 4.63. The lowest BCUT2D eigenvalue weighted by molar-refractivity contribution is -0.143. The third-order valence-electron chi connectivity index (χ3n) is 4.63. The van der Waals surface area contributed by atoms with Crippen molar-refractivity contribution in [2.24, 2.45) is 5.92 Å². The first-order chi connectivity index (χ1) is 10.4. The second kappa shape index (κ2) is 5.57. The van der Waals surface area contributed by atoms with Crippen molar-refractivity contribution in [2.75, 3.05) is 13.2 Å². The van der Waals surface area contributed by atoms with E-state index in [0.717, 1.165) is 12.8 Å². The fourth-order valence-corrected chi connectivity index (χ4v) is 3.49. The maximum Gasteiger partial charge on any atom is 0.435 e. The third kappa shape index (κ3) is 2.60. The SMILES string of the molecule is O=C(C1CCc2[nH]nc(C(F)(F)F)c2C1)N1CCC[C@@H]1CO. The van der Waals surface area contributed by atoms with E-state index in [1.54, 1.807) is 4.90 Å². The van der Waals surface area contributed by atoms with Crippen LogP contribution >= 0.6 is 0 Å². The molecule has 5 nitrogen and oxygen atoms in total. The number of carbonyl (C=O) groups excluding carboxylic acids is 1. The van der Waals surface area contributed by atoms with E-state index in [1.807, 2.05) is 0 Å². The summed E-state index contributed by atoms with van der Waals surface area (Å²) in [5.74, 6) is -0.602. The van der Waals surface area contributed by atoms with E-state index in [4.69, 9.17) is 0 Å². The zero-order valence-electron chi connectivity index (χ0n) is 12.0. The largest absolute Gasteiger partial charge is 0.435 e. The number of likely N-dealkylation sites (tertiary alicyclic amines) is 1. The average Bonchev–Trinajstić information content (AvgIpc) is 3.11. The molecule has 1 aromatic rings. The van der Waals surface area contributed by atoms with Crippen molar-refractivity contribution in [3.8, 4) is 0 Å². The van der Waals surface area contributed by atoms with Crippen molar-refractivity contribution in [1.29, 1.82) is 0 Å². The minimum atomic E-state index is -4.50. The van der Waals surface area contributed by atoms with Crippen LogP contribution in [0.1, 0.15) is 36.2 Å². The summed E-state index contributed by atoms with van der Waals surface area (Å²) in [6, 6.07) is -0.194. The van der Waals surface area contributed by atoms with Crippen molar-refractivity contribution in [1.82, 2.24) is 15.1 Å². The first-order valence-electron chi connectivity index (χ1n) is 7.46. The first-order valence-corrected chi connectivity index (χ1v) is 7.46. The van der Waals surface area contributed by atoms with Gasteiger partial charge in [-0.25, -0.2) is 0 Å². The molecule has 8 heteroatoms. The predicted octanol–water partition coefficient (Wildman–Crippen LogP) is 1.52. The van der Waals surface area contributed by atoms with Gasteiger partial charge in [0.15, 0.2) is 5.69 Å². The molecule has 1 unspecified atom stereocenters. The molecule has 1 amide bonds. The Morgan fingerprint density at radius 2 is 2.18 bits per heavy atom. The molecule has 0 spiro atoms. The van der Waals surface area contributed by atoms with Crippen LogP contribution in [0.5, 0.6) is 0 Å². The van der Waals surface area contributed by atoms with Crippen LogP contribution in [0.15, 0.2) is 0 Å². The van der Waals surface area contributed by atoms with Gasteiger partial charge in [-0.2, -0.15) is 18.3 Å². The van der Waals surface area contributed by atoms with E-state index < -0.39 is 17.8 Å². The molecule has 1 aromatic heterocycles. The number of aliphatic hydroxyl groups is 1. The van der Waals surface area contributed by atoms with E-state index in [0.29, 0.717) is 25.1 Å². The number of carbonyl (C=O) groups is 1. The molecule has 1 aliphatic carbocycles. The second-order valence-electron chi connectivity index (χ2n) is 5.98. The summed E-state index contributed by atoms with van der Waals surface area (Å²) in [7, 11) is 0. The average molecular weight is 317 g/mol. The molecule has 1 aliphatic heterocycles. The molecule has 1 saturated heterocycles. The number of aliphatic hydroxyl groups excluding tert-OH is 1. The zero-order chi connectivity index (χ0) is 15.9. The van der Waals surface area contributed by atoms with Crippen molar-refractivity contribution < 1.29 is 23.1 Å². The van der Waals surface area contributed by atoms with Crippen LogP contribution in [0.25, 0.3) is 0 Å². The molecule has 0 bridgehead atoms. The number of alkyl halides is 3. The highest BCUT2D eigenvalue weighted by Crippen LogP contribution is 2.37. The van der Waals surface area contributed by atoms with Gasteiger partial charge in [0.05, 0.1) is 12.6 Å². The number of hydrogen-bond acceptors (Lipinski definition) is 3. The number of hydrogen-bond donors (Lipinski definition) is 2. The normalized spacial score (nSPS) is 25.4. The molecule has 2 N–H and O–H groups in total. The number of aromatic nitrogens is 2. The van der Waals surface area contributed by atoms with Crippen molar-refractivity contribution >= 4 is 5.91 Å². The van der Waals surface area contributed by atoms with Gasteiger partial charge in [0.2, 0.25) is 5.91 Å². The van der Waals surface area contributed by atoms with E-state index in [1.165, 1.54) is 0 Å². The molecule has 0 aromatic carbocycles. The Hall–Kier alpha value is -1.57. The van der Waals surface area contributed by atoms with Crippen LogP contribution in [-0.4, -0.2) is 45.3 Å². The predicted molar refractivity (Wildman–Crippen MR) is 70.9 cm³/mol. The van der Waals surface area contributed by atoms with Crippen LogP contribution in [-0.2, 0) is 23.8 Å². The van der Waals surface area contributed by atoms with Crippen LogP contribution < -0.4 is 0 Å². The molecular weight excluding hydrogens is 299 g/mol. The topological polar surface area (TPSA) is 69.2 Å². The Bertz CT molecular complexity index is 570. The molecule has 2 aliphatic rings. The smallest absolute Gasteiger partial charge is 0.394 e. The van der Waals surface area contributed by atoms with Gasteiger partial charge in [-0.15, -0.1) is 0 Å². The van der Waals surface area contributed by atoms with E-state index in [-0.39, 0.29) is 30.5 Å². The van der Waals surface area contributed by atoms with E-state index >= 15 is 0 Å². The molecule has 0 radical (unpaired) electrons. The summed E-state index contributed by atoms with van der Waals surface area (Å²) in [6.45, 7) is 0.480. The molecule has 1 fully saturated rings. The quantitative estimate of drug-likeness (QED) is 0.869. The fourth-order valence-electron chi connectivity index (χ4n) is 3.49. The number of aromatic amines is 1. The molecule has 3 rings (SSSR count). The summed E-state index contributed by atoms with van der Waals surface area (Å²) in [6.07, 6.45) is -1.95. The maximum atomic E-state index is 12.9. The highest BCUT2D eigenvalue weighted by molar-refractivity contribution is 5.80. The van der Waals surface area contributed by atoms with Gasteiger partial charge in [-0.1, -0.05) is 0 Å². The standard InChI is InChI=1S/C14H18F3N3O2/c15-14(16,17)12-10-6-8(3-4-11(10)18-19-12)13(22)20-5-1-2-9(20)7-21/h8-9,21H,1-7H2,(H,18,19)/t8?,9-/m1/s1. The molecular formula is C14H18F3N3O2. The van der Waals surface area contributed by atoms with E-state index in [2.05, 4.69) is 10.2 Å². The summed E-state index contributed by atoms with van der Waals surface area (Å²) in [5.41, 5.74) is -0.298. The minimum Gasteiger partial charge on any atom is -0.394 e. The van der Waals surface area contributed by atoms with Crippen LogP contribution in [0.4, 0.5) is 13.2 Å². The summed E-state index contributed by atoms with van der Waals surface area (Å²) < 4.78 is 38.8. The number of amides is 1. The lowest BCUT2D eigenvalue weighted by atomic mass is 9.85. The Morgan fingerprint density at radius 3 is 2.86 bits per heavy atom. The fraction of sp³-hybridized carbons (Fsp3) is 0.714. The Labute approximate surface area is 125 Å². The number of rotatable bonds is 2. The van der Waals surface area contributed by atoms with Gasteiger partial charge < -0.3 is 10.0 Å². The maximum absolute atomic E-state index is 12.9. The minimum absolute atomic E-state index is 0.0636. The summed E-state index contributed by atoms with van der Waals surface area (Å²) >= 11 is 0. The van der Waals surface area contributed by atoms with Gasteiger partial charge in [0.1, 0.15) is 0 Å². The van der Waals surface area contributed by atoms with Gasteiger partial charge in [-0.3, -0.25) is 9.89 Å². The highest BCUT2D eigenvalue weighted by Gasteiger charge is 2.41. The lowest BCUT2D eigenvalue weighted by Crippen LogP contribution is -2.42. The van der Waals surface area contributed by atoms with Crippen LogP contribution in [0.3, 0.4) is 0 Å². The Balaban J connectivity index is 1.79. The first kappa shape index (κ1) is 15.3. The van der Waals surface area contributed by atoms with Crippen molar-refractivity contribution in [2.45, 2.75) is 44.3 Å². The number of H-pyrrole nitrogens is 1.